The van der Waals surface area contributed by atoms with Crippen molar-refractivity contribution in [3.05, 3.63) is 54.6 Å². The minimum atomic E-state index is 0.0238. The molecule has 0 aliphatic rings. The monoisotopic (exact) mass is 348 g/mol. The van der Waals surface area contributed by atoms with Crippen molar-refractivity contribution in [3.8, 4) is 0 Å². The maximum atomic E-state index is 12.0. The van der Waals surface area contributed by atoms with Gasteiger partial charge < -0.3 is 0 Å². The number of carbonyl (C=O) groups excluding carboxylic acids is 1. The van der Waals surface area contributed by atoms with Gasteiger partial charge >= 0.3 is 0 Å². The lowest BCUT2D eigenvalue weighted by atomic mass is 10.1. The van der Waals surface area contributed by atoms with E-state index in [0.29, 0.717) is 20.5 Å². The molecule has 17 heavy (non-hydrogen) atoms. The Balaban J connectivity index is 2.24. The third kappa shape index (κ3) is 3.10. The van der Waals surface area contributed by atoms with E-state index in [0.717, 1.165) is 4.47 Å². The molecule has 0 aliphatic carbocycles. The molecule has 0 aliphatic heterocycles. The van der Waals surface area contributed by atoms with Crippen LogP contribution < -0.4 is 0 Å². The summed E-state index contributed by atoms with van der Waals surface area (Å²) in [4.78, 5) is 12.7. The lowest BCUT2D eigenvalue weighted by Crippen LogP contribution is -2.02. The molecule has 5 heteroatoms. The van der Waals surface area contributed by atoms with E-state index in [-0.39, 0.29) is 12.2 Å². The van der Waals surface area contributed by atoms with Crippen molar-refractivity contribution in [1.82, 2.24) is 0 Å². The van der Waals surface area contributed by atoms with Gasteiger partial charge in [-0.05, 0) is 39.7 Å². The Hall–Kier alpha value is -0.350. The summed E-state index contributed by atoms with van der Waals surface area (Å²) in [5.41, 5.74) is 0.686. The van der Waals surface area contributed by atoms with E-state index in [1.165, 1.54) is 11.3 Å². The molecule has 88 valence electrons. The summed E-state index contributed by atoms with van der Waals surface area (Å²) in [5, 5.41) is 2.93. The fourth-order valence-electron chi connectivity index (χ4n) is 1.41. The maximum Gasteiger partial charge on any atom is 0.177 e. The summed E-state index contributed by atoms with van der Waals surface area (Å²) in [6.45, 7) is 0. The Morgan fingerprint density at radius 1 is 1.29 bits per heavy atom. The fraction of sp³-hybridized carbons (Fsp3) is 0.0833. The van der Waals surface area contributed by atoms with Crippen LogP contribution in [0.15, 0.2) is 34.1 Å². The van der Waals surface area contributed by atoms with Gasteiger partial charge in [0.1, 0.15) is 0 Å². The first kappa shape index (κ1) is 13.1. The molecule has 0 saturated heterocycles. The summed E-state index contributed by atoms with van der Waals surface area (Å²) in [7, 11) is 0. The van der Waals surface area contributed by atoms with E-state index in [1.54, 1.807) is 24.3 Å². The highest BCUT2D eigenvalue weighted by atomic mass is 79.9. The topological polar surface area (TPSA) is 17.1 Å². The normalized spacial score (nSPS) is 10.5. The molecule has 0 bridgehead atoms. The molecule has 0 spiro atoms. The molecule has 2 rings (SSSR count). The van der Waals surface area contributed by atoms with Crippen LogP contribution in [0.4, 0.5) is 0 Å². The summed E-state index contributed by atoms with van der Waals surface area (Å²) >= 11 is 16.8. The van der Waals surface area contributed by atoms with Crippen LogP contribution in [0.25, 0.3) is 0 Å². The number of ketones is 1. The third-order valence-electron chi connectivity index (χ3n) is 2.24. The first-order valence-electron chi connectivity index (χ1n) is 4.78. The largest absolute Gasteiger partial charge is 0.293 e. The van der Waals surface area contributed by atoms with Gasteiger partial charge in [-0.2, -0.15) is 0 Å². The highest BCUT2D eigenvalue weighted by molar-refractivity contribution is 9.10. The second-order valence-corrected chi connectivity index (χ2v) is 6.07. The first-order chi connectivity index (χ1) is 8.08. The van der Waals surface area contributed by atoms with Crippen molar-refractivity contribution in [2.75, 3.05) is 0 Å². The first-order valence-corrected chi connectivity index (χ1v) is 7.21. The molecule has 0 saturated carbocycles. The van der Waals surface area contributed by atoms with Crippen molar-refractivity contribution in [3.63, 3.8) is 0 Å². The molecule has 0 radical (unpaired) electrons. The van der Waals surface area contributed by atoms with Gasteiger partial charge in [-0.25, -0.2) is 0 Å². The number of thiophene rings is 1. The Bertz CT molecular complexity index is 545. The zero-order valence-corrected chi connectivity index (χ0v) is 12.5. The van der Waals surface area contributed by atoms with Gasteiger partial charge in [0.2, 0.25) is 0 Å². The van der Waals surface area contributed by atoms with Crippen molar-refractivity contribution in [2.45, 2.75) is 6.42 Å². The van der Waals surface area contributed by atoms with Crippen LogP contribution in [-0.2, 0) is 6.42 Å². The lowest BCUT2D eigenvalue weighted by molar-refractivity contribution is 0.0997. The van der Waals surface area contributed by atoms with E-state index in [4.69, 9.17) is 23.2 Å². The van der Waals surface area contributed by atoms with E-state index in [1.807, 2.05) is 5.38 Å². The third-order valence-corrected chi connectivity index (χ3v) is 4.68. The van der Waals surface area contributed by atoms with E-state index in [9.17, 15) is 4.79 Å². The number of carbonyl (C=O) groups is 1. The van der Waals surface area contributed by atoms with Crippen molar-refractivity contribution in [1.29, 1.82) is 0 Å². The van der Waals surface area contributed by atoms with E-state index >= 15 is 0 Å². The molecule has 1 heterocycles. The van der Waals surface area contributed by atoms with E-state index < -0.39 is 0 Å². The average molecular weight is 350 g/mol. The number of halogens is 3. The van der Waals surface area contributed by atoms with Crippen LogP contribution >= 0.6 is 50.5 Å². The van der Waals surface area contributed by atoms with Crippen molar-refractivity contribution in [2.24, 2.45) is 0 Å². The predicted molar refractivity (Wildman–Crippen MR) is 76.5 cm³/mol. The fourth-order valence-corrected chi connectivity index (χ4v) is 3.31. The molecule has 0 amide bonds. The van der Waals surface area contributed by atoms with Crippen LogP contribution in [0.3, 0.4) is 0 Å². The maximum absolute atomic E-state index is 12.0. The Labute approximate surface area is 121 Å². The van der Waals surface area contributed by atoms with Crippen LogP contribution in [-0.4, -0.2) is 5.78 Å². The Morgan fingerprint density at radius 3 is 2.47 bits per heavy atom. The average Bonchev–Trinajstić information content (AvgIpc) is 2.70. The van der Waals surface area contributed by atoms with Crippen LogP contribution in [0.2, 0.25) is 10.0 Å². The standard InChI is InChI=1S/C12H7BrCl2OS/c13-7-4-12(17-6-7)11(16)5-8-9(14)2-1-3-10(8)15/h1-4,6H,5H2. The number of Topliss-reactive ketones (excluding diaryl/α,β-unsaturated/α-hetero) is 1. The molecule has 0 N–H and O–H groups in total. The number of benzene rings is 1. The van der Waals surface area contributed by atoms with Gasteiger partial charge in [0, 0.05) is 26.3 Å². The second kappa shape index (κ2) is 5.53. The Kier molecular flexibility index (Phi) is 4.26. The number of hydrogen-bond donors (Lipinski definition) is 0. The SMILES string of the molecule is O=C(Cc1c(Cl)cccc1Cl)c1cc(Br)cs1. The van der Waals surface area contributed by atoms with Gasteiger partial charge in [0.15, 0.2) is 5.78 Å². The molecule has 0 unspecified atom stereocenters. The summed E-state index contributed by atoms with van der Waals surface area (Å²) < 4.78 is 0.913. The zero-order chi connectivity index (χ0) is 12.4. The van der Waals surface area contributed by atoms with Gasteiger partial charge in [0.25, 0.3) is 0 Å². The number of rotatable bonds is 3. The van der Waals surface area contributed by atoms with Gasteiger partial charge in [-0.1, -0.05) is 29.3 Å². The summed E-state index contributed by atoms with van der Waals surface area (Å²) in [6, 6.07) is 7.04. The molecule has 0 fully saturated rings. The smallest absolute Gasteiger partial charge is 0.177 e. The predicted octanol–water partition coefficient (Wildman–Crippen LogP) is 5.24. The molecule has 1 aromatic heterocycles. The van der Waals surface area contributed by atoms with Crippen molar-refractivity contribution < 1.29 is 4.79 Å². The molecular formula is C12H7BrCl2OS. The molecule has 1 aromatic carbocycles. The van der Waals surface area contributed by atoms with Gasteiger partial charge in [-0.15, -0.1) is 11.3 Å². The molecule has 2 aromatic rings. The zero-order valence-electron chi connectivity index (χ0n) is 8.54. The second-order valence-electron chi connectivity index (χ2n) is 3.43. The van der Waals surface area contributed by atoms with Crippen LogP contribution in [0.1, 0.15) is 15.2 Å². The highest BCUT2D eigenvalue weighted by Crippen LogP contribution is 2.27. The van der Waals surface area contributed by atoms with Gasteiger partial charge in [-0.3, -0.25) is 4.79 Å². The number of hydrogen-bond acceptors (Lipinski definition) is 2. The summed E-state index contributed by atoms with van der Waals surface area (Å²) in [5.74, 6) is 0.0238. The van der Waals surface area contributed by atoms with E-state index in [2.05, 4.69) is 15.9 Å². The quantitative estimate of drug-likeness (QED) is 0.692. The van der Waals surface area contributed by atoms with Crippen LogP contribution in [0, 0.1) is 0 Å². The van der Waals surface area contributed by atoms with Crippen LogP contribution in [0.5, 0.6) is 0 Å². The van der Waals surface area contributed by atoms with Gasteiger partial charge in [0.05, 0.1) is 4.88 Å². The lowest BCUT2D eigenvalue weighted by Gasteiger charge is -2.04. The minimum Gasteiger partial charge on any atom is -0.293 e. The van der Waals surface area contributed by atoms with Crippen molar-refractivity contribution >= 4 is 56.3 Å². The molecule has 0 atom stereocenters. The Morgan fingerprint density at radius 2 is 1.94 bits per heavy atom. The molecular weight excluding hydrogens is 343 g/mol. The summed E-state index contributed by atoms with van der Waals surface area (Å²) in [6.07, 6.45) is 0.228. The molecule has 1 nitrogen and oxygen atoms in total. The highest BCUT2D eigenvalue weighted by Gasteiger charge is 2.14. The minimum absolute atomic E-state index is 0.0238.